The summed E-state index contributed by atoms with van der Waals surface area (Å²) in [5.74, 6) is 0. The van der Waals surface area contributed by atoms with Gasteiger partial charge in [0, 0.05) is 19.1 Å². The molecule has 68 valence electrons. The third kappa shape index (κ3) is 3.79. The van der Waals surface area contributed by atoms with E-state index in [-0.39, 0.29) is 0 Å². The van der Waals surface area contributed by atoms with Gasteiger partial charge in [0.2, 0.25) is 0 Å². The Labute approximate surface area is 75.9 Å². The topological polar surface area (TPSA) is 12.5 Å². The maximum absolute atomic E-state index is 5.23. The number of nitrogens with zero attached hydrogens (tertiary/aromatic N) is 1. The lowest BCUT2D eigenvalue weighted by Gasteiger charge is -2.23. The maximum atomic E-state index is 5.23. The Bertz CT molecular complexity index is 193. The van der Waals surface area contributed by atoms with Gasteiger partial charge in [0.1, 0.15) is 8.07 Å². The smallest absolute Gasteiger partial charge is 0.131 e. The molecule has 0 aromatic rings. The van der Waals surface area contributed by atoms with Crippen molar-refractivity contribution < 1.29 is 4.74 Å². The molecule has 0 saturated carbocycles. The van der Waals surface area contributed by atoms with Crippen LogP contribution in [-0.2, 0) is 4.74 Å². The summed E-state index contributed by atoms with van der Waals surface area (Å²) in [6.45, 7) is 10.4. The summed E-state index contributed by atoms with van der Waals surface area (Å²) in [6.07, 6.45) is 0. The van der Waals surface area contributed by atoms with Crippen LogP contribution in [0.4, 0.5) is 0 Å². The van der Waals surface area contributed by atoms with Gasteiger partial charge in [0.05, 0.1) is 13.2 Å². The zero-order chi connectivity index (χ0) is 9.03. The minimum atomic E-state index is -1.18. The van der Waals surface area contributed by atoms with Crippen LogP contribution < -0.4 is 0 Å². The fraction of sp³-hybridized carbons (Fsp3) is 0.778. The highest BCUT2D eigenvalue weighted by molar-refractivity contribution is 6.83. The monoisotopic (exact) mass is 183 g/mol. The molecule has 3 heteroatoms. The molecule has 1 fully saturated rings. The van der Waals surface area contributed by atoms with Gasteiger partial charge in [0.15, 0.2) is 0 Å². The number of ether oxygens (including phenoxy) is 1. The van der Waals surface area contributed by atoms with Crippen LogP contribution in [-0.4, -0.2) is 39.3 Å². The van der Waals surface area contributed by atoms with Crippen LogP contribution in [0.5, 0.6) is 0 Å². The zero-order valence-electron chi connectivity index (χ0n) is 8.18. The predicted octanol–water partition coefficient (Wildman–Crippen LogP) is 1.16. The van der Waals surface area contributed by atoms with Crippen LogP contribution in [0.3, 0.4) is 0 Å². The normalized spacial score (nSPS) is 18.4. The van der Waals surface area contributed by atoms with Crippen LogP contribution in [0.2, 0.25) is 19.6 Å². The molecule has 1 aliphatic heterocycles. The van der Waals surface area contributed by atoms with Gasteiger partial charge < -0.3 is 9.64 Å². The summed E-state index contributed by atoms with van der Waals surface area (Å²) in [5.41, 5.74) is 3.35. The minimum absolute atomic E-state index is 0.834. The van der Waals surface area contributed by atoms with Gasteiger partial charge in [-0.1, -0.05) is 19.6 Å². The highest BCUT2D eigenvalue weighted by Crippen LogP contribution is 1.98. The molecule has 0 aromatic carbocycles. The first-order valence-corrected chi connectivity index (χ1v) is 7.93. The van der Waals surface area contributed by atoms with Crippen molar-refractivity contribution in [2.24, 2.45) is 0 Å². The van der Waals surface area contributed by atoms with Crippen molar-refractivity contribution in [2.45, 2.75) is 19.6 Å². The standard InChI is InChI=1S/C9H17NOSi/c1-12(2,3)9-6-10-4-7-11-8-5-10/h4-5,7-8H2,1-3H3. The van der Waals surface area contributed by atoms with Crippen molar-refractivity contribution in [1.29, 1.82) is 0 Å². The highest BCUT2D eigenvalue weighted by atomic mass is 28.3. The van der Waals surface area contributed by atoms with Crippen LogP contribution in [0.25, 0.3) is 0 Å². The second-order valence-corrected chi connectivity index (χ2v) is 8.84. The molecule has 0 bridgehead atoms. The third-order valence-corrected chi connectivity index (χ3v) is 2.46. The van der Waals surface area contributed by atoms with E-state index in [0.717, 1.165) is 26.3 Å². The summed E-state index contributed by atoms with van der Waals surface area (Å²) < 4.78 is 5.23. The molecule has 0 aromatic heterocycles. The van der Waals surface area contributed by atoms with Crippen LogP contribution in [0.1, 0.15) is 0 Å². The van der Waals surface area contributed by atoms with Crippen molar-refractivity contribution in [3.05, 3.63) is 0 Å². The molecule has 0 radical (unpaired) electrons. The average Bonchev–Trinajstić information content (AvgIpc) is 2.02. The molecule has 0 N–H and O–H groups in total. The van der Waals surface area contributed by atoms with E-state index < -0.39 is 8.07 Å². The second-order valence-electron chi connectivity index (χ2n) is 4.09. The average molecular weight is 183 g/mol. The third-order valence-electron chi connectivity index (χ3n) is 1.60. The van der Waals surface area contributed by atoms with E-state index in [2.05, 4.69) is 36.1 Å². The van der Waals surface area contributed by atoms with E-state index in [1.165, 1.54) is 0 Å². The van der Waals surface area contributed by atoms with Gasteiger partial charge in [0.25, 0.3) is 0 Å². The lowest BCUT2D eigenvalue weighted by atomic mass is 10.5. The lowest BCUT2D eigenvalue weighted by Crippen LogP contribution is -2.33. The molecule has 2 nitrogen and oxygen atoms in total. The largest absolute Gasteiger partial charge is 0.378 e. The molecule has 1 heterocycles. The van der Waals surface area contributed by atoms with Crippen molar-refractivity contribution in [3.63, 3.8) is 0 Å². The molecule has 12 heavy (non-hydrogen) atoms. The van der Waals surface area contributed by atoms with Crippen molar-refractivity contribution in [1.82, 2.24) is 4.90 Å². The van der Waals surface area contributed by atoms with Gasteiger partial charge in [-0.15, -0.1) is 5.54 Å². The number of morpholine rings is 1. The zero-order valence-corrected chi connectivity index (χ0v) is 9.18. The fourth-order valence-corrected chi connectivity index (χ4v) is 1.42. The van der Waals surface area contributed by atoms with Crippen LogP contribution in [0, 0.1) is 11.6 Å². The quantitative estimate of drug-likeness (QED) is 0.413. The Kier molecular flexibility index (Phi) is 3.18. The number of hydrogen-bond donors (Lipinski definition) is 0. The van der Waals surface area contributed by atoms with E-state index in [1.807, 2.05) is 0 Å². The highest BCUT2D eigenvalue weighted by Gasteiger charge is 2.10. The van der Waals surface area contributed by atoms with Gasteiger partial charge in [-0.05, 0) is 0 Å². The summed E-state index contributed by atoms with van der Waals surface area (Å²) in [4.78, 5) is 2.17. The van der Waals surface area contributed by atoms with Gasteiger partial charge >= 0.3 is 0 Å². The predicted molar refractivity (Wildman–Crippen MR) is 53.5 cm³/mol. The Morgan fingerprint density at radius 1 is 1.17 bits per heavy atom. The van der Waals surface area contributed by atoms with Gasteiger partial charge in [-0.2, -0.15) is 0 Å². The molecule has 0 atom stereocenters. The van der Waals surface area contributed by atoms with Crippen LogP contribution in [0.15, 0.2) is 0 Å². The Balaban J connectivity index is 2.41. The fourth-order valence-electron chi connectivity index (χ4n) is 0.922. The minimum Gasteiger partial charge on any atom is -0.378 e. The maximum Gasteiger partial charge on any atom is 0.131 e. The summed E-state index contributed by atoms with van der Waals surface area (Å²) >= 11 is 0. The van der Waals surface area contributed by atoms with E-state index in [1.54, 1.807) is 0 Å². The second kappa shape index (κ2) is 3.97. The SMILES string of the molecule is C[Si](C)(C)C#CN1CCOCC1. The first-order valence-electron chi connectivity index (χ1n) is 4.43. The first-order chi connectivity index (χ1) is 5.58. The molecule has 0 amide bonds. The molecular formula is C9H17NOSi. The molecular weight excluding hydrogens is 166 g/mol. The van der Waals surface area contributed by atoms with Crippen molar-refractivity contribution in [2.75, 3.05) is 26.3 Å². The number of hydrogen-bond acceptors (Lipinski definition) is 2. The molecule has 0 unspecified atom stereocenters. The van der Waals surface area contributed by atoms with Gasteiger partial charge in [-0.25, -0.2) is 0 Å². The summed E-state index contributed by atoms with van der Waals surface area (Å²) in [5, 5.41) is 0. The summed E-state index contributed by atoms with van der Waals surface area (Å²) in [7, 11) is -1.18. The number of rotatable bonds is 0. The summed E-state index contributed by atoms with van der Waals surface area (Å²) in [6, 6.07) is 3.23. The Hall–Kier alpha value is -0.463. The van der Waals surface area contributed by atoms with Crippen molar-refractivity contribution >= 4 is 8.07 Å². The molecule has 0 aliphatic carbocycles. The molecule has 1 rings (SSSR count). The van der Waals surface area contributed by atoms with E-state index in [9.17, 15) is 0 Å². The Morgan fingerprint density at radius 3 is 2.25 bits per heavy atom. The molecule has 0 spiro atoms. The Morgan fingerprint density at radius 2 is 1.75 bits per heavy atom. The van der Waals surface area contributed by atoms with E-state index >= 15 is 0 Å². The lowest BCUT2D eigenvalue weighted by molar-refractivity contribution is 0.0638. The van der Waals surface area contributed by atoms with E-state index in [0.29, 0.717) is 0 Å². The van der Waals surface area contributed by atoms with E-state index in [4.69, 9.17) is 4.74 Å². The van der Waals surface area contributed by atoms with Crippen LogP contribution >= 0.6 is 0 Å². The first kappa shape index (κ1) is 9.62. The van der Waals surface area contributed by atoms with Crippen molar-refractivity contribution in [3.8, 4) is 11.6 Å². The molecule has 1 saturated heterocycles. The molecule has 1 aliphatic rings. The van der Waals surface area contributed by atoms with Gasteiger partial charge in [-0.3, -0.25) is 0 Å².